The third kappa shape index (κ3) is 1.94. The molecule has 3 rings (SSSR count). The fourth-order valence-corrected chi connectivity index (χ4v) is 1.72. The number of aromatic nitrogens is 2. The number of carbonyl (C=O) groups excluding carboxylic acids is 1. The van der Waals surface area contributed by atoms with Crippen molar-refractivity contribution in [2.24, 2.45) is 0 Å². The highest BCUT2D eigenvalue weighted by atomic mass is 16.4. The molecule has 83 valence electrons. The van der Waals surface area contributed by atoms with Gasteiger partial charge in [-0.2, -0.15) is 5.10 Å². The second-order valence-corrected chi connectivity index (χ2v) is 3.77. The third-order valence-corrected chi connectivity index (χ3v) is 2.60. The van der Waals surface area contributed by atoms with Crippen LogP contribution in [0, 0.1) is 0 Å². The first-order chi connectivity index (χ1) is 8.33. The van der Waals surface area contributed by atoms with E-state index in [1.807, 2.05) is 18.2 Å². The van der Waals surface area contributed by atoms with Gasteiger partial charge in [0.15, 0.2) is 0 Å². The Morgan fingerprint density at radius 3 is 3.24 bits per heavy atom. The molecule has 0 fully saturated rings. The molecule has 1 aromatic carbocycles. The van der Waals surface area contributed by atoms with Crippen molar-refractivity contribution in [3.05, 3.63) is 41.7 Å². The maximum absolute atomic E-state index is 11.8. The number of nitrogens with zero attached hydrogens (tertiary/aromatic N) is 1. The SMILES string of the molecule is O=C(Nc1ccc2c(c1)[B]OC2)c1ccn[nH]1. The lowest BCUT2D eigenvalue weighted by Crippen LogP contribution is -2.16. The van der Waals surface area contributed by atoms with E-state index in [4.69, 9.17) is 4.65 Å². The summed E-state index contributed by atoms with van der Waals surface area (Å²) < 4.78 is 5.19. The van der Waals surface area contributed by atoms with Gasteiger partial charge in [0.05, 0.1) is 6.61 Å². The lowest BCUT2D eigenvalue weighted by atomic mass is 9.87. The number of rotatable bonds is 2. The van der Waals surface area contributed by atoms with Crippen LogP contribution < -0.4 is 10.8 Å². The zero-order valence-corrected chi connectivity index (χ0v) is 8.93. The Morgan fingerprint density at radius 2 is 2.41 bits per heavy atom. The molecule has 0 unspecified atom stereocenters. The van der Waals surface area contributed by atoms with E-state index in [1.165, 1.54) is 0 Å². The first-order valence-electron chi connectivity index (χ1n) is 5.21. The molecule has 0 aliphatic carbocycles. The minimum Gasteiger partial charge on any atom is -0.430 e. The van der Waals surface area contributed by atoms with Crippen molar-refractivity contribution in [1.82, 2.24) is 10.2 Å². The van der Waals surface area contributed by atoms with Crippen LogP contribution in [0.5, 0.6) is 0 Å². The maximum atomic E-state index is 11.8. The predicted molar refractivity (Wildman–Crippen MR) is 63.2 cm³/mol. The van der Waals surface area contributed by atoms with Crippen molar-refractivity contribution >= 4 is 24.5 Å². The quantitative estimate of drug-likeness (QED) is 0.730. The predicted octanol–water partition coefficient (Wildman–Crippen LogP) is 0.437. The fraction of sp³-hybridized carbons (Fsp3) is 0.0909. The van der Waals surface area contributed by atoms with Gasteiger partial charge >= 0.3 is 7.48 Å². The lowest BCUT2D eigenvalue weighted by Gasteiger charge is -2.05. The van der Waals surface area contributed by atoms with Crippen LogP contribution in [0.15, 0.2) is 30.5 Å². The topological polar surface area (TPSA) is 67.0 Å². The summed E-state index contributed by atoms with van der Waals surface area (Å²) in [6, 6.07) is 7.31. The number of H-pyrrole nitrogens is 1. The minimum absolute atomic E-state index is 0.207. The van der Waals surface area contributed by atoms with Gasteiger partial charge in [-0.15, -0.1) is 0 Å². The molecular formula is C11H9BN3O2. The van der Waals surface area contributed by atoms with Crippen LogP contribution in [-0.4, -0.2) is 23.6 Å². The zero-order chi connectivity index (χ0) is 11.7. The molecule has 6 heteroatoms. The van der Waals surface area contributed by atoms with E-state index in [2.05, 4.69) is 15.5 Å². The molecule has 1 amide bonds. The summed E-state index contributed by atoms with van der Waals surface area (Å²) in [5.41, 5.74) is 3.31. The molecule has 0 atom stereocenters. The molecule has 0 saturated heterocycles. The summed E-state index contributed by atoms with van der Waals surface area (Å²) in [6.45, 7) is 0.601. The van der Waals surface area contributed by atoms with E-state index in [1.54, 1.807) is 19.7 Å². The van der Waals surface area contributed by atoms with E-state index in [0.717, 1.165) is 16.7 Å². The van der Waals surface area contributed by atoms with Gasteiger partial charge in [-0.25, -0.2) is 0 Å². The van der Waals surface area contributed by atoms with E-state index in [0.29, 0.717) is 12.3 Å². The number of anilines is 1. The van der Waals surface area contributed by atoms with E-state index >= 15 is 0 Å². The lowest BCUT2D eigenvalue weighted by molar-refractivity contribution is 0.102. The van der Waals surface area contributed by atoms with Gasteiger partial charge in [-0.05, 0) is 29.2 Å². The molecule has 0 spiro atoms. The van der Waals surface area contributed by atoms with Crippen LogP contribution in [0.1, 0.15) is 16.1 Å². The molecule has 1 aliphatic heterocycles. The van der Waals surface area contributed by atoms with Gasteiger partial charge in [0.25, 0.3) is 5.91 Å². The van der Waals surface area contributed by atoms with E-state index in [-0.39, 0.29) is 5.91 Å². The van der Waals surface area contributed by atoms with Crippen LogP contribution in [0.25, 0.3) is 0 Å². The number of carbonyl (C=O) groups is 1. The Morgan fingerprint density at radius 1 is 1.47 bits per heavy atom. The van der Waals surface area contributed by atoms with Crippen molar-refractivity contribution in [3.8, 4) is 0 Å². The van der Waals surface area contributed by atoms with Gasteiger partial charge in [-0.1, -0.05) is 6.07 Å². The smallest absolute Gasteiger partial charge is 0.330 e. The van der Waals surface area contributed by atoms with Gasteiger partial charge in [0, 0.05) is 11.9 Å². The largest absolute Gasteiger partial charge is 0.430 e. The number of hydrogen-bond donors (Lipinski definition) is 2. The molecule has 0 bridgehead atoms. The highest BCUT2D eigenvalue weighted by Gasteiger charge is 2.14. The van der Waals surface area contributed by atoms with Crippen LogP contribution in [0.4, 0.5) is 5.69 Å². The third-order valence-electron chi connectivity index (χ3n) is 2.60. The zero-order valence-electron chi connectivity index (χ0n) is 8.93. The monoisotopic (exact) mass is 226 g/mol. The van der Waals surface area contributed by atoms with Crippen LogP contribution in [-0.2, 0) is 11.3 Å². The van der Waals surface area contributed by atoms with Gasteiger partial charge in [0.2, 0.25) is 0 Å². The molecule has 5 nitrogen and oxygen atoms in total. The van der Waals surface area contributed by atoms with E-state index in [9.17, 15) is 4.79 Å². The van der Waals surface area contributed by atoms with Crippen LogP contribution >= 0.6 is 0 Å². The Balaban J connectivity index is 1.80. The summed E-state index contributed by atoms with van der Waals surface area (Å²) in [5, 5.41) is 9.13. The average molecular weight is 226 g/mol. The number of nitrogens with one attached hydrogen (secondary N) is 2. The standard InChI is InChI=1S/C11H9BN3O2/c16-11(10-3-4-13-15-10)14-8-2-1-7-6-17-12-9(7)5-8/h1-5H,6H2,(H,13,15)(H,14,16). The van der Waals surface area contributed by atoms with Gasteiger partial charge in [-0.3, -0.25) is 9.89 Å². The summed E-state index contributed by atoms with van der Waals surface area (Å²) in [5.74, 6) is -0.207. The number of hydrogen-bond acceptors (Lipinski definition) is 3. The first-order valence-corrected chi connectivity index (χ1v) is 5.21. The number of benzene rings is 1. The van der Waals surface area contributed by atoms with Crippen LogP contribution in [0.2, 0.25) is 0 Å². The Hall–Kier alpha value is -2.08. The normalized spacial score (nSPS) is 12.9. The molecule has 1 aromatic heterocycles. The molecule has 1 radical (unpaired) electrons. The van der Waals surface area contributed by atoms with E-state index < -0.39 is 0 Å². The molecule has 2 aromatic rings. The minimum atomic E-state index is -0.207. The average Bonchev–Trinajstić information content (AvgIpc) is 2.99. The van der Waals surface area contributed by atoms with Crippen molar-refractivity contribution in [3.63, 3.8) is 0 Å². The van der Waals surface area contributed by atoms with Crippen molar-refractivity contribution in [2.45, 2.75) is 6.61 Å². The number of amides is 1. The summed E-state index contributed by atoms with van der Waals surface area (Å²) in [4.78, 5) is 11.8. The van der Waals surface area contributed by atoms with Crippen LogP contribution in [0.3, 0.4) is 0 Å². The Kier molecular flexibility index (Phi) is 2.42. The molecular weight excluding hydrogens is 217 g/mol. The maximum Gasteiger partial charge on any atom is 0.330 e. The van der Waals surface area contributed by atoms with Crippen molar-refractivity contribution in [2.75, 3.05) is 5.32 Å². The number of aromatic amines is 1. The highest BCUT2D eigenvalue weighted by Crippen LogP contribution is 2.12. The fourth-order valence-electron chi connectivity index (χ4n) is 1.72. The second kappa shape index (κ2) is 4.06. The first kappa shape index (κ1) is 10.1. The molecule has 2 N–H and O–H groups in total. The highest BCUT2D eigenvalue weighted by molar-refractivity contribution is 6.49. The molecule has 1 aliphatic rings. The van der Waals surface area contributed by atoms with Gasteiger partial charge < -0.3 is 9.97 Å². The Bertz CT molecular complexity index is 554. The second-order valence-electron chi connectivity index (χ2n) is 3.77. The summed E-state index contributed by atoms with van der Waals surface area (Å²) in [6.07, 6.45) is 1.54. The summed E-state index contributed by atoms with van der Waals surface area (Å²) >= 11 is 0. The molecule has 0 saturated carbocycles. The summed E-state index contributed by atoms with van der Waals surface area (Å²) in [7, 11) is 1.70. The molecule has 2 heterocycles. The van der Waals surface area contributed by atoms with Crippen molar-refractivity contribution < 1.29 is 9.45 Å². The Labute approximate surface area is 98.5 Å². The molecule has 17 heavy (non-hydrogen) atoms. The van der Waals surface area contributed by atoms with Gasteiger partial charge in [0.1, 0.15) is 5.69 Å². The van der Waals surface area contributed by atoms with Crippen molar-refractivity contribution in [1.29, 1.82) is 0 Å². The number of fused-ring (bicyclic) bond motifs is 1.